The predicted octanol–water partition coefficient (Wildman–Crippen LogP) is 7.60. The maximum atomic E-state index is 13.8. The van der Waals surface area contributed by atoms with Gasteiger partial charge in [0.25, 0.3) is 0 Å². The number of hydrogen-bond acceptors (Lipinski definition) is 5. The summed E-state index contributed by atoms with van der Waals surface area (Å²) in [7, 11) is 2.04. The summed E-state index contributed by atoms with van der Waals surface area (Å²) in [5.41, 5.74) is 7.86. The molecule has 2 aliphatic carbocycles. The van der Waals surface area contributed by atoms with Crippen molar-refractivity contribution in [2.75, 3.05) is 13.7 Å². The summed E-state index contributed by atoms with van der Waals surface area (Å²) in [6.45, 7) is 15.7. The van der Waals surface area contributed by atoms with Gasteiger partial charge in [0.2, 0.25) is 0 Å². The van der Waals surface area contributed by atoms with Crippen molar-refractivity contribution in [2.45, 2.75) is 86.7 Å². The van der Waals surface area contributed by atoms with Crippen LogP contribution in [0.3, 0.4) is 0 Å². The number of ether oxygens (including phenoxy) is 2. The molecule has 1 aliphatic heterocycles. The van der Waals surface area contributed by atoms with E-state index in [-0.39, 0.29) is 28.3 Å². The van der Waals surface area contributed by atoms with E-state index in [1.165, 1.54) is 11.1 Å². The molecular weight excluding hydrogens is 498 g/mol. The lowest BCUT2D eigenvalue weighted by Gasteiger charge is -2.47. The molecule has 40 heavy (non-hydrogen) atoms. The predicted molar refractivity (Wildman–Crippen MR) is 158 cm³/mol. The number of allylic oxidation sites excluding steroid dienone is 4. The highest BCUT2D eigenvalue weighted by Crippen LogP contribution is 2.54. The molecule has 0 spiro atoms. The minimum atomic E-state index is -0.388. The summed E-state index contributed by atoms with van der Waals surface area (Å²) in [5, 5.41) is 0. The molecule has 5 nitrogen and oxygen atoms in total. The highest BCUT2D eigenvalue weighted by molar-refractivity contribution is 6.06. The first kappa shape index (κ1) is 28.2. The van der Waals surface area contributed by atoms with Crippen molar-refractivity contribution in [2.24, 2.45) is 10.8 Å². The molecule has 3 aliphatic rings. The molecule has 0 bridgehead atoms. The number of benzene rings is 2. The number of carbonyl (C=O) groups excluding carboxylic acids is 2. The van der Waals surface area contributed by atoms with Crippen molar-refractivity contribution in [3.8, 4) is 11.5 Å². The van der Waals surface area contributed by atoms with E-state index in [0.29, 0.717) is 37.6 Å². The molecule has 0 radical (unpaired) electrons. The molecule has 1 heterocycles. The first-order valence-corrected chi connectivity index (χ1v) is 14.5. The normalized spacial score (nSPS) is 20.4. The van der Waals surface area contributed by atoms with Gasteiger partial charge in [0.05, 0.1) is 6.61 Å². The Hall–Kier alpha value is -3.34. The van der Waals surface area contributed by atoms with E-state index >= 15 is 0 Å². The Balaban J connectivity index is 1.59. The fourth-order valence-corrected chi connectivity index (χ4v) is 6.90. The van der Waals surface area contributed by atoms with Crippen LogP contribution in [0.4, 0.5) is 0 Å². The topological polar surface area (TPSA) is 55.8 Å². The van der Waals surface area contributed by atoms with E-state index in [4.69, 9.17) is 9.47 Å². The van der Waals surface area contributed by atoms with Gasteiger partial charge in [-0.2, -0.15) is 0 Å². The molecule has 0 N–H and O–H groups in total. The SMILES string of the molecule is CCOc1cc(C2C3=C(CC(C)(C)CC3=O)N(C)C3=C2C(=O)CC(C)(C)C3)ccc1OCc1cc(C)cc(C)c1. The molecule has 5 heteroatoms. The van der Waals surface area contributed by atoms with E-state index in [2.05, 4.69) is 64.6 Å². The quantitative estimate of drug-likeness (QED) is 0.377. The van der Waals surface area contributed by atoms with Gasteiger partial charge in [0.15, 0.2) is 23.1 Å². The lowest BCUT2D eigenvalue weighted by atomic mass is 9.64. The number of aryl methyl sites for hydroxylation is 2. The minimum Gasteiger partial charge on any atom is -0.490 e. The van der Waals surface area contributed by atoms with E-state index in [1.807, 2.05) is 32.2 Å². The van der Waals surface area contributed by atoms with Crippen LogP contribution in [-0.4, -0.2) is 30.1 Å². The Morgan fingerprint density at radius 1 is 0.775 bits per heavy atom. The van der Waals surface area contributed by atoms with Gasteiger partial charge in [0.1, 0.15) is 6.61 Å². The van der Waals surface area contributed by atoms with Gasteiger partial charge in [0, 0.05) is 48.3 Å². The van der Waals surface area contributed by atoms with Crippen LogP contribution in [0.5, 0.6) is 11.5 Å². The van der Waals surface area contributed by atoms with Crippen LogP contribution < -0.4 is 9.47 Å². The molecule has 0 saturated carbocycles. The van der Waals surface area contributed by atoms with Crippen molar-refractivity contribution in [3.05, 3.63) is 81.2 Å². The molecule has 0 amide bonds. The Labute approximate surface area is 239 Å². The van der Waals surface area contributed by atoms with Crippen LogP contribution in [-0.2, 0) is 16.2 Å². The lowest BCUT2D eigenvalue weighted by molar-refractivity contribution is -0.119. The summed E-state index contributed by atoms with van der Waals surface area (Å²) in [5.74, 6) is 1.19. The first-order valence-electron chi connectivity index (χ1n) is 14.5. The van der Waals surface area contributed by atoms with Crippen molar-refractivity contribution in [1.82, 2.24) is 4.90 Å². The van der Waals surface area contributed by atoms with Gasteiger partial charge in [-0.15, -0.1) is 0 Å². The van der Waals surface area contributed by atoms with Gasteiger partial charge in [-0.3, -0.25) is 9.59 Å². The van der Waals surface area contributed by atoms with Crippen molar-refractivity contribution in [3.63, 3.8) is 0 Å². The van der Waals surface area contributed by atoms with Gasteiger partial charge in [-0.05, 0) is 67.7 Å². The molecule has 2 aromatic carbocycles. The Kier molecular flexibility index (Phi) is 7.22. The van der Waals surface area contributed by atoms with Crippen LogP contribution >= 0.6 is 0 Å². The Morgan fingerprint density at radius 2 is 1.32 bits per heavy atom. The third-order valence-electron chi connectivity index (χ3n) is 8.46. The third kappa shape index (κ3) is 5.35. The lowest BCUT2D eigenvalue weighted by Crippen LogP contribution is -2.43. The van der Waals surface area contributed by atoms with Crippen molar-refractivity contribution >= 4 is 11.6 Å². The minimum absolute atomic E-state index is 0.122. The average Bonchev–Trinajstić information content (AvgIpc) is 2.83. The van der Waals surface area contributed by atoms with E-state index < -0.39 is 0 Å². The van der Waals surface area contributed by atoms with E-state index in [1.54, 1.807) is 0 Å². The Morgan fingerprint density at radius 3 is 1.85 bits per heavy atom. The van der Waals surface area contributed by atoms with Crippen LogP contribution in [0, 0.1) is 24.7 Å². The van der Waals surface area contributed by atoms with Gasteiger partial charge in [-0.25, -0.2) is 0 Å². The second kappa shape index (κ2) is 10.2. The van der Waals surface area contributed by atoms with Crippen LogP contribution in [0.1, 0.15) is 88.5 Å². The number of ketones is 2. The summed E-state index contributed by atoms with van der Waals surface area (Å²) < 4.78 is 12.3. The standard InChI is InChI=1S/C35H43NO4/c1-9-39-30-15-24(10-11-29(30)40-20-23-13-21(2)12-22(3)14-23)31-32-25(16-34(4,5)18-27(32)37)36(8)26-17-35(6,7)19-28(38)33(26)31/h10-15,31H,9,16-20H2,1-8H3. The molecule has 0 atom stereocenters. The number of Topliss-reactive ketones (excluding diaryl/α,β-unsaturated/α-hetero) is 2. The zero-order chi connectivity index (χ0) is 29.0. The highest BCUT2D eigenvalue weighted by Gasteiger charge is 2.48. The number of rotatable bonds is 6. The summed E-state index contributed by atoms with van der Waals surface area (Å²) in [4.78, 5) is 29.8. The fraction of sp³-hybridized carbons (Fsp3) is 0.486. The van der Waals surface area contributed by atoms with Crippen LogP contribution in [0.2, 0.25) is 0 Å². The van der Waals surface area contributed by atoms with Crippen LogP contribution in [0.25, 0.3) is 0 Å². The third-order valence-corrected chi connectivity index (χ3v) is 8.46. The molecular formula is C35H43NO4. The maximum Gasteiger partial charge on any atom is 0.162 e. The molecule has 0 saturated heterocycles. The summed E-state index contributed by atoms with van der Waals surface area (Å²) in [6.07, 6.45) is 2.57. The number of hydrogen-bond donors (Lipinski definition) is 0. The monoisotopic (exact) mass is 541 g/mol. The van der Waals surface area contributed by atoms with Gasteiger partial charge < -0.3 is 14.4 Å². The Bertz CT molecular complexity index is 1370. The second-order valence-corrected chi connectivity index (χ2v) is 13.5. The molecule has 2 aromatic rings. The van der Waals surface area contributed by atoms with Crippen LogP contribution in [0.15, 0.2) is 58.9 Å². The second-order valence-electron chi connectivity index (χ2n) is 13.5. The maximum absolute atomic E-state index is 13.8. The molecule has 212 valence electrons. The van der Waals surface area contributed by atoms with Crippen molar-refractivity contribution in [1.29, 1.82) is 0 Å². The molecule has 0 fully saturated rings. The average molecular weight is 542 g/mol. The van der Waals surface area contributed by atoms with Gasteiger partial charge >= 0.3 is 0 Å². The zero-order valence-electron chi connectivity index (χ0n) is 25.4. The molecule has 5 rings (SSSR count). The fourth-order valence-electron chi connectivity index (χ4n) is 6.90. The number of carbonyl (C=O) groups is 2. The largest absolute Gasteiger partial charge is 0.490 e. The summed E-state index contributed by atoms with van der Waals surface area (Å²) in [6, 6.07) is 12.4. The molecule has 0 unspecified atom stereocenters. The zero-order valence-corrected chi connectivity index (χ0v) is 25.4. The van der Waals surface area contributed by atoms with Crippen molar-refractivity contribution < 1.29 is 19.1 Å². The summed E-state index contributed by atoms with van der Waals surface area (Å²) >= 11 is 0. The highest BCUT2D eigenvalue weighted by atomic mass is 16.5. The first-order chi connectivity index (χ1) is 18.8. The molecule has 0 aromatic heterocycles. The van der Waals surface area contributed by atoms with Gasteiger partial charge in [-0.1, -0.05) is 63.1 Å². The van der Waals surface area contributed by atoms with E-state index in [0.717, 1.165) is 46.5 Å². The number of nitrogens with zero attached hydrogens (tertiary/aromatic N) is 1. The smallest absolute Gasteiger partial charge is 0.162 e. The van der Waals surface area contributed by atoms with E-state index in [9.17, 15) is 9.59 Å².